The van der Waals surface area contributed by atoms with Crippen molar-refractivity contribution in [3.63, 3.8) is 0 Å². The highest BCUT2D eigenvalue weighted by atomic mass is 79.9. The van der Waals surface area contributed by atoms with Gasteiger partial charge in [-0.05, 0) is 29.5 Å². The summed E-state index contributed by atoms with van der Waals surface area (Å²) in [6, 6.07) is 8.42. The first-order chi connectivity index (χ1) is 6.59. The van der Waals surface area contributed by atoms with Crippen LogP contribution in [-0.2, 0) is 6.42 Å². The second kappa shape index (κ2) is 5.13. The van der Waals surface area contributed by atoms with Gasteiger partial charge in [-0.2, -0.15) is 0 Å². The fourth-order valence-electron chi connectivity index (χ4n) is 1.29. The first-order valence-corrected chi connectivity index (χ1v) is 6.45. The lowest BCUT2D eigenvalue weighted by molar-refractivity contribution is 0.493. The van der Waals surface area contributed by atoms with Gasteiger partial charge < -0.3 is 0 Å². The highest BCUT2D eigenvalue weighted by molar-refractivity contribution is 9.10. The van der Waals surface area contributed by atoms with E-state index in [-0.39, 0.29) is 5.41 Å². The molecule has 1 aromatic rings. The smallest absolute Gasteiger partial charge is 0.0178 e. The van der Waals surface area contributed by atoms with Crippen LogP contribution >= 0.6 is 31.9 Å². The summed E-state index contributed by atoms with van der Waals surface area (Å²) in [4.78, 5) is 0. The van der Waals surface area contributed by atoms with Crippen molar-refractivity contribution in [2.45, 2.75) is 13.3 Å². The standard InChI is InChI=1S/C12H14Br2/c1-3-12(2,9-13)8-10-5-4-6-11(14)7-10/h3-7H,1,8-9H2,2H3. The molecule has 0 amide bonds. The maximum absolute atomic E-state index is 3.88. The van der Waals surface area contributed by atoms with E-state index in [4.69, 9.17) is 0 Å². The summed E-state index contributed by atoms with van der Waals surface area (Å²) in [6.45, 7) is 6.08. The zero-order chi connectivity index (χ0) is 10.6. The third kappa shape index (κ3) is 3.25. The average Bonchev–Trinajstić information content (AvgIpc) is 2.18. The number of alkyl halides is 1. The van der Waals surface area contributed by atoms with E-state index in [1.54, 1.807) is 0 Å². The number of benzene rings is 1. The van der Waals surface area contributed by atoms with Crippen LogP contribution in [0.1, 0.15) is 12.5 Å². The van der Waals surface area contributed by atoms with Gasteiger partial charge in [0.15, 0.2) is 0 Å². The molecule has 0 bridgehead atoms. The lowest BCUT2D eigenvalue weighted by Crippen LogP contribution is -2.17. The number of hydrogen-bond donors (Lipinski definition) is 0. The number of halogens is 2. The molecule has 1 unspecified atom stereocenters. The monoisotopic (exact) mass is 316 g/mol. The minimum absolute atomic E-state index is 0.140. The zero-order valence-electron chi connectivity index (χ0n) is 8.26. The van der Waals surface area contributed by atoms with Gasteiger partial charge in [-0.25, -0.2) is 0 Å². The van der Waals surface area contributed by atoms with Gasteiger partial charge in [0.25, 0.3) is 0 Å². The van der Waals surface area contributed by atoms with E-state index in [0.29, 0.717) is 0 Å². The summed E-state index contributed by atoms with van der Waals surface area (Å²) in [5.41, 5.74) is 1.47. The van der Waals surface area contributed by atoms with Crippen LogP contribution in [0.5, 0.6) is 0 Å². The van der Waals surface area contributed by atoms with E-state index in [0.717, 1.165) is 16.2 Å². The van der Waals surface area contributed by atoms with Crippen LogP contribution in [0.15, 0.2) is 41.4 Å². The average molecular weight is 318 g/mol. The van der Waals surface area contributed by atoms with E-state index in [2.05, 4.69) is 63.6 Å². The fraction of sp³-hybridized carbons (Fsp3) is 0.333. The largest absolute Gasteiger partial charge is 0.102 e. The van der Waals surface area contributed by atoms with Gasteiger partial charge in [-0.3, -0.25) is 0 Å². The van der Waals surface area contributed by atoms with Crippen LogP contribution in [0.3, 0.4) is 0 Å². The van der Waals surface area contributed by atoms with Crippen molar-refractivity contribution in [1.29, 1.82) is 0 Å². The van der Waals surface area contributed by atoms with Crippen molar-refractivity contribution >= 4 is 31.9 Å². The maximum Gasteiger partial charge on any atom is 0.0178 e. The number of allylic oxidation sites excluding steroid dienone is 1. The molecule has 2 heteroatoms. The molecule has 0 heterocycles. The van der Waals surface area contributed by atoms with E-state index in [1.807, 2.05) is 12.1 Å². The van der Waals surface area contributed by atoms with Crippen LogP contribution < -0.4 is 0 Å². The SMILES string of the molecule is C=CC(C)(CBr)Cc1cccc(Br)c1. The lowest BCUT2D eigenvalue weighted by Gasteiger charge is -2.22. The molecule has 0 saturated heterocycles. The summed E-state index contributed by atoms with van der Waals surface area (Å²) in [6.07, 6.45) is 3.03. The molecule has 0 spiro atoms. The van der Waals surface area contributed by atoms with Gasteiger partial charge >= 0.3 is 0 Å². The van der Waals surface area contributed by atoms with Gasteiger partial charge in [0.2, 0.25) is 0 Å². The predicted molar refractivity (Wildman–Crippen MR) is 69.9 cm³/mol. The number of rotatable bonds is 4. The van der Waals surface area contributed by atoms with Crippen LogP contribution in [0.25, 0.3) is 0 Å². The van der Waals surface area contributed by atoms with E-state index in [1.165, 1.54) is 5.56 Å². The van der Waals surface area contributed by atoms with Crippen molar-refractivity contribution in [2.75, 3.05) is 5.33 Å². The summed E-state index contributed by atoms with van der Waals surface area (Å²) in [5.74, 6) is 0. The molecule has 0 aliphatic rings. The van der Waals surface area contributed by atoms with Crippen molar-refractivity contribution in [3.05, 3.63) is 47.0 Å². The molecule has 0 aliphatic carbocycles. The van der Waals surface area contributed by atoms with Crippen LogP contribution in [0, 0.1) is 5.41 Å². The molecule has 0 saturated carbocycles. The topological polar surface area (TPSA) is 0 Å². The molecule has 14 heavy (non-hydrogen) atoms. The Bertz CT molecular complexity index is 320. The Morgan fingerprint density at radius 2 is 2.21 bits per heavy atom. The molecule has 0 fully saturated rings. The maximum atomic E-state index is 3.88. The minimum Gasteiger partial charge on any atom is -0.102 e. The minimum atomic E-state index is 0.140. The Kier molecular flexibility index (Phi) is 4.39. The summed E-state index contributed by atoms with van der Waals surface area (Å²) in [5, 5.41) is 0.940. The van der Waals surface area contributed by atoms with E-state index < -0.39 is 0 Å². The Hall–Kier alpha value is -0.0800. The van der Waals surface area contributed by atoms with Crippen molar-refractivity contribution < 1.29 is 0 Å². The Morgan fingerprint density at radius 3 is 2.71 bits per heavy atom. The first-order valence-electron chi connectivity index (χ1n) is 4.54. The highest BCUT2D eigenvalue weighted by Gasteiger charge is 2.18. The summed E-state index contributed by atoms with van der Waals surface area (Å²) in [7, 11) is 0. The molecule has 0 nitrogen and oxygen atoms in total. The highest BCUT2D eigenvalue weighted by Crippen LogP contribution is 2.27. The zero-order valence-corrected chi connectivity index (χ0v) is 11.4. The fourth-order valence-corrected chi connectivity index (χ4v) is 2.16. The van der Waals surface area contributed by atoms with Gasteiger partial charge in [0, 0.05) is 9.80 Å². The molecule has 0 N–H and O–H groups in total. The van der Waals surface area contributed by atoms with Gasteiger partial charge in [0.1, 0.15) is 0 Å². The van der Waals surface area contributed by atoms with Gasteiger partial charge in [-0.15, -0.1) is 6.58 Å². The van der Waals surface area contributed by atoms with Crippen LogP contribution in [0.4, 0.5) is 0 Å². The predicted octanol–water partition coefficient (Wildman–Crippen LogP) is 4.58. The molecule has 1 rings (SSSR count). The Labute approximate surface area is 103 Å². The Balaban J connectivity index is 2.82. The van der Waals surface area contributed by atoms with E-state index >= 15 is 0 Å². The molecule has 0 aromatic heterocycles. The van der Waals surface area contributed by atoms with Crippen molar-refractivity contribution in [1.82, 2.24) is 0 Å². The molecule has 0 radical (unpaired) electrons. The normalized spacial score (nSPS) is 14.8. The second-order valence-electron chi connectivity index (χ2n) is 3.80. The van der Waals surface area contributed by atoms with Gasteiger partial charge in [0.05, 0.1) is 0 Å². The third-order valence-corrected chi connectivity index (χ3v) is 4.07. The van der Waals surface area contributed by atoms with Crippen molar-refractivity contribution in [3.8, 4) is 0 Å². The Morgan fingerprint density at radius 1 is 1.50 bits per heavy atom. The molecule has 1 atom stereocenters. The molecular formula is C12H14Br2. The number of hydrogen-bond acceptors (Lipinski definition) is 0. The summed E-state index contributed by atoms with van der Waals surface area (Å²) < 4.78 is 1.14. The molecule has 76 valence electrons. The molecule has 0 aliphatic heterocycles. The van der Waals surface area contributed by atoms with Crippen LogP contribution in [0.2, 0.25) is 0 Å². The molecular weight excluding hydrogens is 304 g/mol. The van der Waals surface area contributed by atoms with Gasteiger partial charge in [-0.1, -0.05) is 57.0 Å². The summed E-state index contributed by atoms with van der Waals surface area (Å²) >= 11 is 7.00. The molecule has 1 aromatic carbocycles. The first kappa shape index (κ1) is 12.0. The third-order valence-electron chi connectivity index (χ3n) is 2.30. The van der Waals surface area contributed by atoms with Crippen LogP contribution in [-0.4, -0.2) is 5.33 Å². The lowest BCUT2D eigenvalue weighted by atomic mass is 9.86. The second-order valence-corrected chi connectivity index (χ2v) is 5.27. The van der Waals surface area contributed by atoms with E-state index in [9.17, 15) is 0 Å². The quantitative estimate of drug-likeness (QED) is 0.563. The van der Waals surface area contributed by atoms with Crippen molar-refractivity contribution in [2.24, 2.45) is 5.41 Å².